The molecule has 1 fully saturated rings. The highest BCUT2D eigenvalue weighted by Gasteiger charge is 2.25. The molecule has 3 aromatic rings. The van der Waals surface area contributed by atoms with Gasteiger partial charge in [-0.15, -0.1) is 0 Å². The third-order valence-corrected chi connectivity index (χ3v) is 5.02. The van der Waals surface area contributed by atoms with Crippen LogP contribution in [-0.2, 0) is 0 Å². The molecular formula is C21H23N5O3. The lowest BCUT2D eigenvalue weighted by molar-refractivity contribution is 0.0885. The van der Waals surface area contributed by atoms with Crippen molar-refractivity contribution in [2.45, 2.75) is 37.8 Å². The van der Waals surface area contributed by atoms with Crippen LogP contribution in [-0.4, -0.2) is 45.3 Å². The van der Waals surface area contributed by atoms with Crippen LogP contribution in [0.1, 0.15) is 36.2 Å². The van der Waals surface area contributed by atoms with Crippen LogP contribution in [0.5, 0.6) is 11.6 Å². The standard InChI is InChI=1S/C21H23N5O3/c1-28-17-4-2-3-14(11-17)18-12-19(26-25-18)21(27)24-15-5-7-16(8-6-15)29-20-13-22-9-10-23-20/h2-4,9-13,15-16H,5-8H2,1H3,(H,24,27)(H,25,26). The Morgan fingerprint density at radius 1 is 1.17 bits per heavy atom. The van der Waals surface area contributed by atoms with Crippen LogP contribution in [0.3, 0.4) is 0 Å². The number of nitrogens with one attached hydrogen (secondary N) is 2. The lowest BCUT2D eigenvalue weighted by Crippen LogP contribution is -2.39. The Labute approximate surface area is 168 Å². The summed E-state index contributed by atoms with van der Waals surface area (Å²) in [4.78, 5) is 20.8. The number of methoxy groups -OCH3 is 1. The highest BCUT2D eigenvalue weighted by molar-refractivity contribution is 5.93. The number of rotatable bonds is 6. The number of hydrogen-bond acceptors (Lipinski definition) is 6. The smallest absolute Gasteiger partial charge is 0.269 e. The average Bonchev–Trinajstić information content (AvgIpc) is 3.26. The first-order chi connectivity index (χ1) is 14.2. The van der Waals surface area contributed by atoms with Crippen LogP contribution in [0.15, 0.2) is 48.9 Å². The van der Waals surface area contributed by atoms with Crippen molar-refractivity contribution in [1.29, 1.82) is 0 Å². The molecule has 0 bridgehead atoms. The van der Waals surface area contributed by atoms with Gasteiger partial charge in [0.25, 0.3) is 5.91 Å². The minimum atomic E-state index is -0.148. The molecule has 2 aromatic heterocycles. The van der Waals surface area contributed by atoms with E-state index in [1.165, 1.54) is 0 Å². The van der Waals surface area contributed by atoms with Crippen molar-refractivity contribution in [2.24, 2.45) is 0 Å². The maximum atomic E-state index is 12.6. The summed E-state index contributed by atoms with van der Waals surface area (Å²) in [6.45, 7) is 0. The molecule has 29 heavy (non-hydrogen) atoms. The number of aromatic amines is 1. The lowest BCUT2D eigenvalue weighted by atomic mass is 9.93. The monoisotopic (exact) mass is 393 g/mol. The van der Waals surface area contributed by atoms with E-state index in [0.29, 0.717) is 17.3 Å². The molecule has 0 spiro atoms. The second-order valence-corrected chi connectivity index (χ2v) is 7.01. The fraction of sp³-hybridized carbons (Fsp3) is 0.333. The summed E-state index contributed by atoms with van der Waals surface area (Å²) in [6.07, 6.45) is 8.39. The van der Waals surface area contributed by atoms with Gasteiger partial charge in [0.05, 0.1) is 19.0 Å². The first-order valence-corrected chi connectivity index (χ1v) is 9.64. The quantitative estimate of drug-likeness (QED) is 0.667. The highest BCUT2D eigenvalue weighted by Crippen LogP contribution is 2.24. The molecule has 0 atom stereocenters. The fourth-order valence-corrected chi connectivity index (χ4v) is 3.47. The molecule has 0 saturated heterocycles. The van der Waals surface area contributed by atoms with Gasteiger partial charge in [0, 0.05) is 24.0 Å². The molecule has 1 amide bonds. The number of benzene rings is 1. The molecule has 2 N–H and O–H groups in total. The number of amides is 1. The first-order valence-electron chi connectivity index (χ1n) is 9.64. The van der Waals surface area contributed by atoms with Crippen LogP contribution in [0.4, 0.5) is 0 Å². The molecule has 0 radical (unpaired) electrons. The van der Waals surface area contributed by atoms with Crippen molar-refractivity contribution in [3.8, 4) is 22.9 Å². The van der Waals surface area contributed by atoms with Crippen LogP contribution in [0, 0.1) is 0 Å². The molecule has 8 nitrogen and oxygen atoms in total. The zero-order valence-electron chi connectivity index (χ0n) is 16.2. The van der Waals surface area contributed by atoms with E-state index in [1.54, 1.807) is 31.8 Å². The largest absolute Gasteiger partial charge is 0.497 e. The van der Waals surface area contributed by atoms with Crippen molar-refractivity contribution >= 4 is 5.91 Å². The number of hydrogen-bond donors (Lipinski definition) is 2. The Morgan fingerprint density at radius 2 is 2.03 bits per heavy atom. The number of nitrogens with zero attached hydrogens (tertiary/aromatic N) is 3. The van der Waals surface area contributed by atoms with Gasteiger partial charge in [0.15, 0.2) is 0 Å². The van der Waals surface area contributed by atoms with Crippen molar-refractivity contribution in [1.82, 2.24) is 25.5 Å². The Morgan fingerprint density at radius 3 is 2.79 bits per heavy atom. The number of aromatic nitrogens is 4. The lowest BCUT2D eigenvalue weighted by Gasteiger charge is -2.28. The van der Waals surface area contributed by atoms with E-state index in [0.717, 1.165) is 37.0 Å². The van der Waals surface area contributed by atoms with Gasteiger partial charge in [0.2, 0.25) is 5.88 Å². The number of carbonyl (C=O) groups excluding carboxylic acids is 1. The van der Waals surface area contributed by atoms with Gasteiger partial charge >= 0.3 is 0 Å². The van der Waals surface area contributed by atoms with Crippen LogP contribution >= 0.6 is 0 Å². The molecule has 1 saturated carbocycles. The molecule has 150 valence electrons. The second-order valence-electron chi connectivity index (χ2n) is 7.01. The fourth-order valence-electron chi connectivity index (χ4n) is 3.47. The number of carbonyl (C=O) groups is 1. The van der Waals surface area contributed by atoms with Gasteiger partial charge in [-0.05, 0) is 43.9 Å². The molecule has 1 aliphatic carbocycles. The third-order valence-electron chi connectivity index (χ3n) is 5.02. The second kappa shape index (κ2) is 8.72. The minimum absolute atomic E-state index is 0.103. The van der Waals surface area contributed by atoms with E-state index < -0.39 is 0 Å². The summed E-state index contributed by atoms with van der Waals surface area (Å²) in [5, 5.41) is 10.2. The summed E-state index contributed by atoms with van der Waals surface area (Å²) in [7, 11) is 1.62. The topological polar surface area (TPSA) is 102 Å². The summed E-state index contributed by atoms with van der Waals surface area (Å²) in [6, 6.07) is 9.45. The molecule has 1 aromatic carbocycles. The molecule has 2 heterocycles. The Hall–Kier alpha value is -3.42. The Bertz CT molecular complexity index is 952. The molecule has 0 aliphatic heterocycles. The van der Waals surface area contributed by atoms with Crippen LogP contribution in [0.25, 0.3) is 11.3 Å². The first kappa shape index (κ1) is 18.9. The molecule has 8 heteroatoms. The number of ether oxygens (including phenoxy) is 2. The van der Waals surface area contributed by atoms with Gasteiger partial charge < -0.3 is 14.8 Å². The van der Waals surface area contributed by atoms with Gasteiger partial charge in [-0.1, -0.05) is 12.1 Å². The number of H-pyrrole nitrogens is 1. The van der Waals surface area contributed by atoms with E-state index in [4.69, 9.17) is 9.47 Å². The van der Waals surface area contributed by atoms with Gasteiger partial charge in [-0.3, -0.25) is 14.9 Å². The highest BCUT2D eigenvalue weighted by atomic mass is 16.5. The summed E-state index contributed by atoms with van der Waals surface area (Å²) in [5.41, 5.74) is 2.04. The van der Waals surface area contributed by atoms with Crippen molar-refractivity contribution in [3.63, 3.8) is 0 Å². The predicted octanol–water partition coefficient (Wildman–Crippen LogP) is 3.00. The van der Waals surface area contributed by atoms with E-state index in [1.807, 2.05) is 24.3 Å². The van der Waals surface area contributed by atoms with E-state index in [-0.39, 0.29) is 18.1 Å². The van der Waals surface area contributed by atoms with Crippen molar-refractivity contribution < 1.29 is 14.3 Å². The van der Waals surface area contributed by atoms with Crippen LogP contribution in [0.2, 0.25) is 0 Å². The normalized spacial score (nSPS) is 18.8. The van der Waals surface area contributed by atoms with Crippen LogP contribution < -0.4 is 14.8 Å². The predicted molar refractivity (Wildman–Crippen MR) is 107 cm³/mol. The van der Waals surface area contributed by atoms with Gasteiger partial charge in [0.1, 0.15) is 17.5 Å². The molecule has 1 aliphatic rings. The maximum Gasteiger partial charge on any atom is 0.269 e. The van der Waals surface area contributed by atoms with Gasteiger partial charge in [-0.2, -0.15) is 5.10 Å². The zero-order valence-corrected chi connectivity index (χ0v) is 16.2. The SMILES string of the molecule is COc1cccc(-c2cc(C(=O)NC3CCC(Oc4cnccn4)CC3)[nH]n2)c1. The minimum Gasteiger partial charge on any atom is -0.497 e. The average molecular weight is 393 g/mol. The molecule has 0 unspecified atom stereocenters. The third kappa shape index (κ3) is 4.71. The summed E-state index contributed by atoms with van der Waals surface area (Å²) >= 11 is 0. The van der Waals surface area contributed by atoms with Crippen molar-refractivity contribution in [3.05, 3.63) is 54.6 Å². The van der Waals surface area contributed by atoms with E-state index in [9.17, 15) is 4.79 Å². The summed E-state index contributed by atoms with van der Waals surface area (Å²) in [5.74, 6) is 1.14. The maximum absolute atomic E-state index is 12.6. The molecular weight excluding hydrogens is 370 g/mol. The Balaban J connectivity index is 1.31. The Kier molecular flexibility index (Phi) is 5.69. The van der Waals surface area contributed by atoms with Crippen molar-refractivity contribution in [2.75, 3.05) is 7.11 Å². The van der Waals surface area contributed by atoms with Gasteiger partial charge in [-0.25, -0.2) is 4.98 Å². The summed E-state index contributed by atoms with van der Waals surface area (Å²) < 4.78 is 11.1. The van der Waals surface area contributed by atoms with E-state index >= 15 is 0 Å². The molecule has 4 rings (SSSR count). The van der Waals surface area contributed by atoms with E-state index in [2.05, 4.69) is 25.5 Å². The zero-order chi connectivity index (χ0) is 20.1.